The molecule has 0 atom stereocenters. The Labute approximate surface area is 156 Å². The average Bonchev–Trinajstić information content (AvgIpc) is 3.10. The summed E-state index contributed by atoms with van der Waals surface area (Å²) in [6, 6.07) is 10.2. The largest absolute Gasteiger partial charge is 0.352 e. The first-order valence-corrected chi connectivity index (χ1v) is 8.60. The summed E-state index contributed by atoms with van der Waals surface area (Å²) in [7, 11) is 0. The van der Waals surface area contributed by atoms with Crippen LogP contribution < -0.4 is 5.32 Å². The fraction of sp³-hybridized carbons (Fsp3) is 0.167. The summed E-state index contributed by atoms with van der Waals surface area (Å²) in [5.41, 5.74) is 1.01. The molecule has 0 unspecified atom stereocenters. The van der Waals surface area contributed by atoms with Gasteiger partial charge < -0.3 is 9.84 Å². The quantitative estimate of drug-likeness (QED) is 0.652. The van der Waals surface area contributed by atoms with Crippen LogP contribution in [0.1, 0.15) is 17.9 Å². The number of nitrogens with one attached hydrogen (secondary N) is 1. The van der Waals surface area contributed by atoms with Gasteiger partial charge in [-0.3, -0.25) is 4.79 Å². The topological polar surface area (TPSA) is 68.0 Å². The minimum atomic E-state index is -0.380. The van der Waals surface area contributed by atoms with E-state index in [0.717, 1.165) is 4.47 Å². The minimum Gasteiger partial charge on any atom is -0.352 e. The van der Waals surface area contributed by atoms with Crippen molar-refractivity contribution in [3.8, 4) is 11.4 Å². The lowest BCUT2D eigenvalue weighted by Crippen LogP contribution is -2.23. The van der Waals surface area contributed by atoms with Crippen molar-refractivity contribution < 1.29 is 18.1 Å². The van der Waals surface area contributed by atoms with Crippen LogP contribution in [0.3, 0.4) is 0 Å². The van der Waals surface area contributed by atoms with E-state index in [0.29, 0.717) is 22.8 Å². The van der Waals surface area contributed by atoms with Crippen molar-refractivity contribution in [2.24, 2.45) is 0 Å². The third-order valence-corrected chi connectivity index (χ3v) is 4.11. The van der Waals surface area contributed by atoms with E-state index >= 15 is 0 Å². The number of nitrogens with zero attached hydrogens (tertiary/aromatic N) is 2. The van der Waals surface area contributed by atoms with Crippen molar-refractivity contribution in [2.75, 3.05) is 0 Å². The molecule has 3 aromatic rings. The molecule has 0 saturated carbocycles. The van der Waals surface area contributed by atoms with Gasteiger partial charge in [0.25, 0.3) is 0 Å². The summed E-state index contributed by atoms with van der Waals surface area (Å²) in [5, 5.41) is 6.46. The molecule has 0 aliphatic carbocycles. The second-order valence-electron chi connectivity index (χ2n) is 5.53. The maximum absolute atomic E-state index is 13.6. The third kappa shape index (κ3) is 4.72. The maximum atomic E-state index is 13.6. The van der Waals surface area contributed by atoms with Gasteiger partial charge in [-0.1, -0.05) is 21.1 Å². The molecule has 0 bridgehead atoms. The zero-order valence-corrected chi connectivity index (χ0v) is 15.1. The number of hydrogen-bond donors (Lipinski definition) is 1. The normalized spacial score (nSPS) is 10.7. The van der Waals surface area contributed by atoms with Crippen LogP contribution in [0.25, 0.3) is 11.4 Å². The number of aromatic nitrogens is 2. The Kier molecular flexibility index (Phi) is 5.72. The maximum Gasteiger partial charge on any atom is 0.227 e. The smallest absolute Gasteiger partial charge is 0.227 e. The van der Waals surface area contributed by atoms with Crippen LogP contribution in [-0.4, -0.2) is 16.0 Å². The van der Waals surface area contributed by atoms with Gasteiger partial charge in [0.05, 0.1) is 0 Å². The molecule has 1 N–H and O–H groups in total. The first kappa shape index (κ1) is 18.2. The molecule has 8 heteroatoms. The first-order valence-electron chi connectivity index (χ1n) is 7.80. The molecular weight excluding hydrogens is 408 g/mol. The summed E-state index contributed by atoms with van der Waals surface area (Å²) in [4.78, 5) is 16.1. The first-order chi connectivity index (χ1) is 12.5. The summed E-state index contributed by atoms with van der Waals surface area (Å²) < 4.78 is 32.4. The van der Waals surface area contributed by atoms with Gasteiger partial charge in [-0.15, -0.1) is 0 Å². The van der Waals surface area contributed by atoms with Gasteiger partial charge in [-0.05, 0) is 42.5 Å². The van der Waals surface area contributed by atoms with Crippen LogP contribution >= 0.6 is 15.9 Å². The lowest BCUT2D eigenvalue weighted by molar-refractivity contribution is -0.121. The van der Waals surface area contributed by atoms with Crippen molar-refractivity contribution >= 4 is 21.8 Å². The molecule has 1 heterocycles. The Bertz CT molecular complexity index is 913. The van der Waals surface area contributed by atoms with E-state index in [9.17, 15) is 13.6 Å². The monoisotopic (exact) mass is 421 g/mol. The predicted octanol–water partition coefficient (Wildman–Crippen LogP) is 4.03. The second-order valence-corrected chi connectivity index (χ2v) is 6.45. The van der Waals surface area contributed by atoms with Crippen LogP contribution in [-0.2, 0) is 17.8 Å². The Balaban J connectivity index is 1.52. The summed E-state index contributed by atoms with van der Waals surface area (Å²) in [6.45, 7) is 0.0920. The highest BCUT2D eigenvalue weighted by Crippen LogP contribution is 2.17. The fourth-order valence-corrected chi connectivity index (χ4v) is 2.66. The van der Waals surface area contributed by atoms with Crippen molar-refractivity contribution in [2.45, 2.75) is 19.4 Å². The third-order valence-electron chi connectivity index (χ3n) is 3.62. The van der Waals surface area contributed by atoms with Crippen LogP contribution in [0.2, 0.25) is 0 Å². The molecule has 1 amide bonds. The number of benzene rings is 2. The van der Waals surface area contributed by atoms with Gasteiger partial charge in [-0.25, -0.2) is 8.78 Å². The van der Waals surface area contributed by atoms with E-state index in [2.05, 4.69) is 31.4 Å². The highest BCUT2D eigenvalue weighted by molar-refractivity contribution is 9.10. The molecular formula is C18H14BrF2N3O2. The Morgan fingerprint density at radius 3 is 2.69 bits per heavy atom. The molecule has 0 aliphatic rings. The molecule has 1 aromatic heterocycles. The molecule has 5 nitrogen and oxygen atoms in total. The fourth-order valence-electron chi connectivity index (χ4n) is 2.25. The van der Waals surface area contributed by atoms with Gasteiger partial charge in [0.2, 0.25) is 17.6 Å². The highest BCUT2D eigenvalue weighted by Gasteiger charge is 2.11. The van der Waals surface area contributed by atoms with Crippen molar-refractivity contribution in [3.63, 3.8) is 0 Å². The second kappa shape index (κ2) is 8.18. The van der Waals surface area contributed by atoms with E-state index < -0.39 is 0 Å². The molecule has 0 saturated heterocycles. The Hall–Kier alpha value is -2.61. The number of carbonyl (C=O) groups is 1. The number of carbonyl (C=O) groups excluding carboxylic acids is 1. The van der Waals surface area contributed by atoms with Crippen LogP contribution in [0.4, 0.5) is 8.78 Å². The number of amides is 1. The molecule has 2 aromatic carbocycles. The van der Waals surface area contributed by atoms with E-state index in [-0.39, 0.29) is 36.9 Å². The molecule has 26 heavy (non-hydrogen) atoms. The highest BCUT2D eigenvalue weighted by atomic mass is 79.9. The van der Waals surface area contributed by atoms with Crippen molar-refractivity contribution in [3.05, 3.63) is 70.0 Å². The Morgan fingerprint density at radius 1 is 1.15 bits per heavy atom. The minimum absolute atomic E-state index is 0.0920. The zero-order chi connectivity index (χ0) is 18.5. The van der Waals surface area contributed by atoms with Crippen LogP contribution in [0, 0.1) is 11.6 Å². The van der Waals surface area contributed by atoms with Gasteiger partial charge in [0, 0.05) is 35.0 Å². The lowest BCUT2D eigenvalue weighted by atomic mass is 10.2. The standard InChI is InChI=1S/C18H14BrF2N3O2/c19-13-3-6-15(21)12(9-13)10-22-16(25)7-8-17-23-18(24-26-17)11-1-4-14(20)5-2-11/h1-6,9H,7-8,10H2,(H,22,25). The molecule has 0 spiro atoms. The van der Waals surface area contributed by atoms with Gasteiger partial charge >= 0.3 is 0 Å². The van der Waals surface area contributed by atoms with Crippen LogP contribution in [0.5, 0.6) is 0 Å². The van der Waals surface area contributed by atoms with E-state index in [1.54, 1.807) is 24.3 Å². The average molecular weight is 422 g/mol. The zero-order valence-electron chi connectivity index (χ0n) is 13.5. The van der Waals surface area contributed by atoms with E-state index in [4.69, 9.17) is 4.52 Å². The summed E-state index contributed by atoms with van der Waals surface area (Å²) in [5.74, 6) is -0.360. The lowest BCUT2D eigenvalue weighted by Gasteiger charge is -2.06. The molecule has 134 valence electrons. The summed E-state index contributed by atoms with van der Waals surface area (Å²) in [6.07, 6.45) is 0.377. The number of rotatable bonds is 6. The molecule has 3 rings (SSSR count). The number of halogens is 3. The molecule has 0 aliphatic heterocycles. The van der Waals surface area contributed by atoms with Gasteiger partial charge in [0.15, 0.2) is 0 Å². The van der Waals surface area contributed by atoms with Gasteiger partial charge in [-0.2, -0.15) is 4.98 Å². The van der Waals surface area contributed by atoms with E-state index in [1.807, 2.05) is 0 Å². The SMILES string of the molecule is O=C(CCc1nc(-c2ccc(F)cc2)no1)NCc1cc(Br)ccc1F. The van der Waals surface area contributed by atoms with Crippen molar-refractivity contribution in [1.82, 2.24) is 15.5 Å². The molecule has 0 radical (unpaired) electrons. The van der Waals surface area contributed by atoms with E-state index in [1.165, 1.54) is 18.2 Å². The van der Waals surface area contributed by atoms with Gasteiger partial charge in [0.1, 0.15) is 11.6 Å². The van der Waals surface area contributed by atoms with Crippen LogP contribution in [0.15, 0.2) is 51.5 Å². The molecule has 0 fully saturated rings. The Morgan fingerprint density at radius 2 is 1.92 bits per heavy atom. The van der Waals surface area contributed by atoms with Crippen molar-refractivity contribution in [1.29, 1.82) is 0 Å². The number of hydrogen-bond acceptors (Lipinski definition) is 4. The predicted molar refractivity (Wildman–Crippen MR) is 94.0 cm³/mol. The number of aryl methyl sites for hydroxylation is 1. The summed E-state index contributed by atoms with van der Waals surface area (Å²) >= 11 is 3.26.